The standard InChI is InChI=1S/C10H19N3O4S/c14-10(9-1-2-9)11-3-4-12-18(15,16)13-5-7-17-8-6-13/h9,12H,1-8H2,(H,11,14). The Labute approximate surface area is 107 Å². The molecular formula is C10H19N3O4S. The number of carbonyl (C=O) groups excluding carboxylic acids is 1. The molecule has 0 aromatic carbocycles. The highest BCUT2D eigenvalue weighted by molar-refractivity contribution is 7.87. The Balaban J connectivity index is 1.66. The summed E-state index contributed by atoms with van der Waals surface area (Å²) in [5.41, 5.74) is 0. The third kappa shape index (κ3) is 3.91. The first-order valence-electron chi connectivity index (χ1n) is 6.20. The summed E-state index contributed by atoms with van der Waals surface area (Å²) in [5.74, 6) is 0.182. The number of hydrogen-bond acceptors (Lipinski definition) is 4. The van der Waals surface area contributed by atoms with E-state index in [9.17, 15) is 13.2 Å². The summed E-state index contributed by atoms with van der Waals surface area (Å²) in [6.07, 6.45) is 1.90. The minimum absolute atomic E-state index is 0.0283. The van der Waals surface area contributed by atoms with Crippen LogP contribution in [0.25, 0.3) is 0 Å². The van der Waals surface area contributed by atoms with E-state index in [1.54, 1.807) is 0 Å². The predicted molar refractivity (Wildman–Crippen MR) is 65.0 cm³/mol. The van der Waals surface area contributed by atoms with Gasteiger partial charge in [0.25, 0.3) is 10.2 Å². The molecule has 1 aliphatic heterocycles. The van der Waals surface area contributed by atoms with Gasteiger partial charge >= 0.3 is 0 Å². The van der Waals surface area contributed by atoms with Crippen molar-refractivity contribution in [2.24, 2.45) is 5.92 Å². The number of rotatable bonds is 6. The fourth-order valence-electron chi connectivity index (χ4n) is 1.73. The third-order valence-corrected chi connectivity index (χ3v) is 4.58. The molecule has 8 heteroatoms. The highest BCUT2D eigenvalue weighted by atomic mass is 32.2. The summed E-state index contributed by atoms with van der Waals surface area (Å²) in [7, 11) is -3.43. The van der Waals surface area contributed by atoms with Crippen LogP contribution in [0, 0.1) is 5.92 Å². The lowest BCUT2D eigenvalue weighted by atomic mass is 10.4. The maximum absolute atomic E-state index is 11.8. The van der Waals surface area contributed by atoms with Gasteiger partial charge in [0.1, 0.15) is 0 Å². The van der Waals surface area contributed by atoms with Crippen LogP contribution in [-0.2, 0) is 19.7 Å². The maximum Gasteiger partial charge on any atom is 0.279 e. The van der Waals surface area contributed by atoms with Crippen molar-refractivity contribution in [3.05, 3.63) is 0 Å². The van der Waals surface area contributed by atoms with Crippen LogP contribution in [0.4, 0.5) is 0 Å². The maximum atomic E-state index is 11.8. The summed E-state index contributed by atoms with van der Waals surface area (Å²) in [6.45, 7) is 2.17. The van der Waals surface area contributed by atoms with E-state index in [4.69, 9.17) is 4.74 Å². The van der Waals surface area contributed by atoms with Crippen molar-refractivity contribution in [1.29, 1.82) is 0 Å². The molecule has 104 valence electrons. The molecule has 7 nitrogen and oxygen atoms in total. The first kappa shape index (κ1) is 13.7. The molecule has 1 saturated heterocycles. The van der Waals surface area contributed by atoms with Crippen molar-refractivity contribution in [2.75, 3.05) is 39.4 Å². The minimum atomic E-state index is -3.43. The van der Waals surface area contributed by atoms with E-state index >= 15 is 0 Å². The molecule has 18 heavy (non-hydrogen) atoms. The molecule has 0 radical (unpaired) electrons. The second kappa shape index (κ2) is 5.96. The van der Waals surface area contributed by atoms with Crippen molar-refractivity contribution >= 4 is 16.1 Å². The average molecular weight is 277 g/mol. The van der Waals surface area contributed by atoms with Crippen LogP contribution in [0.1, 0.15) is 12.8 Å². The lowest BCUT2D eigenvalue weighted by Gasteiger charge is -2.26. The molecule has 1 amide bonds. The van der Waals surface area contributed by atoms with Crippen molar-refractivity contribution in [1.82, 2.24) is 14.3 Å². The van der Waals surface area contributed by atoms with E-state index in [0.29, 0.717) is 32.8 Å². The Kier molecular flexibility index (Phi) is 4.55. The molecule has 2 N–H and O–H groups in total. The van der Waals surface area contributed by atoms with Crippen LogP contribution >= 0.6 is 0 Å². The van der Waals surface area contributed by atoms with Gasteiger partial charge in [-0.3, -0.25) is 4.79 Å². The Morgan fingerprint density at radius 1 is 1.22 bits per heavy atom. The third-order valence-electron chi connectivity index (χ3n) is 2.97. The monoisotopic (exact) mass is 277 g/mol. The summed E-state index contributed by atoms with van der Waals surface area (Å²) in [6, 6.07) is 0. The summed E-state index contributed by atoms with van der Waals surface area (Å²) in [5, 5.41) is 2.71. The molecule has 2 fully saturated rings. The van der Waals surface area contributed by atoms with Gasteiger partial charge in [-0.15, -0.1) is 0 Å². The lowest BCUT2D eigenvalue weighted by molar-refractivity contribution is -0.122. The van der Waals surface area contributed by atoms with Gasteiger partial charge in [0.05, 0.1) is 13.2 Å². The first-order chi connectivity index (χ1) is 8.59. The van der Waals surface area contributed by atoms with Gasteiger partial charge in [0.15, 0.2) is 0 Å². The molecule has 0 spiro atoms. The highest BCUT2D eigenvalue weighted by Gasteiger charge is 2.29. The predicted octanol–water partition coefficient (Wildman–Crippen LogP) is -1.32. The smallest absolute Gasteiger partial charge is 0.279 e. The molecule has 1 saturated carbocycles. The van der Waals surface area contributed by atoms with Crippen LogP contribution < -0.4 is 10.0 Å². The highest BCUT2D eigenvalue weighted by Crippen LogP contribution is 2.28. The Morgan fingerprint density at radius 3 is 2.50 bits per heavy atom. The normalized spacial score (nSPS) is 21.8. The summed E-state index contributed by atoms with van der Waals surface area (Å²) < 4.78 is 32.6. The Hall–Kier alpha value is -0.700. The van der Waals surface area contributed by atoms with Gasteiger partial charge in [-0.1, -0.05) is 0 Å². The molecule has 2 aliphatic rings. The van der Waals surface area contributed by atoms with Gasteiger partial charge < -0.3 is 10.1 Å². The molecule has 0 unspecified atom stereocenters. The van der Waals surface area contributed by atoms with Crippen molar-refractivity contribution in [2.45, 2.75) is 12.8 Å². The molecule has 2 rings (SSSR count). The molecule has 0 bridgehead atoms. The fourth-order valence-corrected chi connectivity index (χ4v) is 2.91. The topological polar surface area (TPSA) is 87.7 Å². The largest absolute Gasteiger partial charge is 0.379 e. The zero-order chi connectivity index (χ0) is 13.0. The summed E-state index contributed by atoms with van der Waals surface area (Å²) >= 11 is 0. The zero-order valence-corrected chi connectivity index (χ0v) is 11.0. The molecular weight excluding hydrogens is 258 g/mol. The fraction of sp³-hybridized carbons (Fsp3) is 0.900. The van der Waals surface area contributed by atoms with E-state index < -0.39 is 10.2 Å². The van der Waals surface area contributed by atoms with Crippen LogP contribution in [0.5, 0.6) is 0 Å². The van der Waals surface area contributed by atoms with Gasteiger partial charge in [0, 0.05) is 32.1 Å². The average Bonchev–Trinajstić information content (AvgIpc) is 3.20. The second-order valence-corrected chi connectivity index (χ2v) is 6.23. The number of ether oxygens (including phenoxy) is 1. The van der Waals surface area contributed by atoms with E-state index in [0.717, 1.165) is 12.8 Å². The number of carbonyl (C=O) groups is 1. The summed E-state index contributed by atoms with van der Waals surface area (Å²) in [4.78, 5) is 11.3. The van der Waals surface area contributed by atoms with Crippen LogP contribution in [0.15, 0.2) is 0 Å². The van der Waals surface area contributed by atoms with E-state index in [-0.39, 0.29) is 18.4 Å². The Bertz CT molecular complexity index is 388. The van der Waals surface area contributed by atoms with Crippen LogP contribution in [0.3, 0.4) is 0 Å². The van der Waals surface area contributed by atoms with E-state index in [2.05, 4.69) is 10.0 Å². The quantitative estimate of drug-likeness (QED) is 0.589. The molecule has 0 aromatic rings. The molecule has 1 heterocycles. The number of nitrogens with zero attached hydrogens (tertiary/aromatic N) is 1. The SMILES string of the molecule is O=C(NCCNS(=O)(=O)N1CCOCC1)C1CC1. The van der Waals surface area contributed by atoms with E-state index in [1.807, 2.05) is 0 Å². The Morgan fingerprint density at radius 2 is 1.89 bits per heavy atom. The number of morpholine rings is 1. The van der Waals surface area contributed by atoms with E-state index in [1.165, 1.54) is 4.31 Å². The lowest BCUT2D eigenvalue weighted by Crippen LogP contribution is -2.48. The van der Waals surface area contributed by atoms with Crippen molar-refractivity contribution in [3.63, 3.8) is 0 Å². The number of amides is 1. The number of nitrogens with one attached hydrogen (secondary N) is 2. The van der Waals surface area contributed by atoms with Crippen molar-refractivity contribution in [3.8, 4) is 0 Å². The van der Waals surface area contributed by atoms with Gasteiger partial charge in [-0.2, -0.15) is 12.7 Å². The molecule has 1 aliphatic carbocycles. The van der Waals surface area contributed by atoms with Crippen LogP contribution in [0.2, 0.25) is 0 Å². The zero-order valence-electron chi connectivity index (χ0n) is 10.2. The number of hydrogen-bond donors (Lipinski definition) is 2. The van der Waals surface area contributed by atoms with Gasteiger partial charge in [-0.25, -0.2) is 4.72 Å². The van der Waals surface area contributed by atoms with Crippen LogP contribution in [-0.4, -0.2) is 58.0 Å². The van der Waals surface area contributed by atoms with Gasteiger partial charge in [-0.05, 0) is 12.8 Å². The van der Waals surface area contributed by atoms with Gasteiger partial charge in [0.2, 0.25) is 5.91 Å². The first-order valence-corrected chi connectivity index (χ1v) is 7.64. The minimum Gasteiger partial charge on any atom is -0.379 e. The second-order valence-electron chi connectivity index (χ2n) is 4.48. The molecule has 0 atom stereocenters. The van der Waals surface area contributed by atoms with Crippen molar-refractivity contribution < 1.29 is 17.9 Å². The molecule has 0 aromatic heterocycles.